The second kappa shape index (κ2) is 8.85. The molecular formula is C18H20ClNO3S. The van der Waals surface area contributed by atoms with Crippen LogP contribution in [0.4, 0.5) is 0 Å². The van der Waals surface area contributed by atoms with E-state index in [0.29, 0.717) is 18.2 Å². The van der Waals surface area contributed by atoms with E-state index in [0.717, 1.165) is 10.6 Å². The number of thioether (sulfide) groups is 1. The molecule has 2 aromatic rings. The number of rotatable bonds is 7. The Morgan fingerprint density at radius 1 is 1.21 bits per heavy atom. The molecule has 0 radical (unpaired) electrons. The topological polar surface area (TPSA) is 49.8 Å². The Balaban J connectivity index is 1.78. The molecule has 1 amide bonds. The SMILES string of the molecule is CC(Sc1ccc(O)cc1)C(=O)N(C)CCOc1ccc(Cl)cc1. The Hall–Kier alpha value is -1.85. The average Bonchev–Trinajstić information content (AvgIpc) is 2.58. The van der Waals surface area contributed by atoms with Gasteiger partial charge in [0.05, 0.1) is 11.8 Å². The van der Waals surface area contributed by atoms with Gasteiger partial charge in [0.1, 0.15) is 18.1 Å². The summed E-state index contributed by atoms with van der Waals surface area (Å²) < 4.78 is 5.61. The monoisotopic (exact) mass is 365 g/mol. The van der Waals surface area contributed by atoms with Crippen molar-refractivity contribution in [2.75, 3.05) is 20.2 Å². The van der Waals surface area contributed by atoms with Gasteiger partial charge in [-0.1, -0.05) is 11.6 Å². The van der Waals surface area contributed by atoms with E-state index in [-0.39, 0.29) is 16.9 Å². The summed E-state index contributed by atoms with van der Waals surface area (Å²) in [6.45, 7) is 2.79. The van der Waals surface area contributed by atoms with Crippen LogP contribution in [0.2, 0.25) is 5.02 Å². The number of amides is 1. The fourth-order valence-corrected chi connectivity index (χ4v) is 3.14. The van der Waals surface area contributed by atoms with Crippen molar-refractivity contribution in [3.05, 3.63) is 53.6 Å². The van der Waals surface area contributed by atoms with Crippen LogP contribution in [0.15, 0.2) is 53.4 Å². The minimum absolute atomic E-state index is 0.0350. The third kappa shape index (κ3) is 5.65. The maximum atomic E-state index is 12.4. The highest BCUT2D eigenvalue weighted by Crippen LogP contribution is 2.25. The number of carbonyl (C=O) groups excluding carboxylic acids is 1. The zero-order valence-corrected chi connectivity index (χ0v) is 15.2. The molecule has 1 unspecified atom stereocenters. The van der Waals surface area contributed by atoms with Gasteiger partial charge in [-0.2, -0.15) is 0 Å². The van der Waals surface area contributed by atoms with Gasteiger partial charge in [-0.05, 0) is 55.5 Å². The number of ether oxygens (including phenoxy) is 1. The molecule has 0 aromatic heterocycles. The molecule has 0 bridgehead atoms. The summed E-state index contributed by atoms with van der Waals surface area (Å²) in [5.74, 6) is 0.981. The van der Waals surface area contributed by atoms with Gasteiger partial charge in [-0.3, -0.25) is 4.79 Å². The molecule has 0 aliphatic heterocycles. The summed E-state index contributed by atoms with van der Waals surface area (Å²) in [7, 11) is 1.77. The second-order valence-corrected chi connectivity index (χ2v) is 7.17. The van der Waals surface area contributed by atoms with Crippen LogP contribution in [0.25, 0.3) is 0 Å². The predicted octanol–water partition coefficient (Wildman–Crippen LogP) is 4.06. The van der Waals surface area contributed by atoms with Gasteiger partial charge in [0.25, 0.3) is 0 Å². The molecule has 2 rings (SSSR count). The maximum Gasteiger partial charge on any atom is 0.235 e. The summed E-state index contributed by atoms with van der Waals surface area (Å²) in [4.78, 5) is 15.0. The molecular weight excluding hydrogens is 346 g/mol. The predicted molar refractivity (Wildman–Crippen MR) is 98.0 cm³/mol. The van der Waals surface area contributed by atoms with Crippen molar-refractivity contribution in [1.29, 1.82) is 0 Å². The zero-order valence-electron chi connectivity index (χ0n) is 13.6. The van der Waals surface area contributed by atoms with Crippen LogP contribution >= 0.6 is 23.4 Å². The normalized spacial score (nSPS) is 11.8. The molecule has 24 heavy (non-hydrogen) atoms. The van der Waals surface area contributed by atoms with Crippen molar-refractivity contribution < 1.29 is 14.6 Å². The summed E-state index contributed by atoms with van der Waals surface area (Å²) >= 11 is 7.29. The highest BCUT2D eigenvalue weighted by Gasteiger charge is 2.18. The zero-order chi connectivity index (χ0) is 17.5. The van der Waals surface area contributed by atoms with Gasteiger partial charge in [0.15, 0.2) is 0 Å². The fraction of sp³-hybridized carbons (Fsp3) is 0.278. The van der Waals surface area contributed by atoms with E-state index in [4.69, 9.17) is 16.3 Å². The van der Waals surface area contributed by atoms with Gasteiger partial charge < -0.3 is 14.7 Å². The molecule has 0 fully saturated rings. The Morgan fingerprint density at radius 2 is 1.83 bits per heavy atom. The molecule has 0 aliphatic rings. The summed E-state index contributed by atoms with van der Waals surface area (Å²) in [5, 5.41) is 9.74. The molecule has 1 N–H and O–H groups in total. The lowest BCUT2D eigenvalue weighted by Crippen LogP contribution is -2.36. The number of hydrogen-bond acceptors (Lipinski definition) is 4. The van der Waals surface area contributed by atoms with Crippen LogP contribution in [0.3, 0.4) is 0 Å². The van der Waals surface area contributed by atoms with Gasteiger partial charge in [0, 0.05) is 17.0 Å². The van der Waals surface area contributed by atoms with Gasteiger partial charge in [-0.15, -0.1) is 11.8 Å². The van der Waals surface area contributed by atoms with E-state index in [9.17, 15) is 9.90 Å². The maximum absolute atomic E-state index is 12.4. The quantitative estimate of drug-likeness (QED) is 0.751. The van der Waals surface area contributed by atoms with E-state index < -0.39 is 0 Å². The Morgan fingerprint density at radius 3 is 2.46 bits per heavy atom. The number of halogens is 1. The molecule has 0 saturated carbocycles. The minimum atomic E-state index is -0.213. The largest absolute Gasteiger partial charge is 0.508 e. The summed E-state index contributed by atoms with van der Waals surface area (Å²) in [6.07, 6.45) is 0. The van der Waals surface area contributed by atoms with Crippen LogP contribution in [0.5, 0.6) is 11.5 Å². The number of nitrogens with zero attached hydrogens (tertiary/aromatic N) is 1. The van der Waals surface area contributed by atoms with Crippen LogP contribution < -0.4 is 4.74 Å². The van der Waals surface area contributed by atoms with Crippen LogP contribution in [0.1, 0.15) is 6.92 Å². The molecule has 2 aromatic carbocycles. The van der Waals surface area contributed by atoms with E-state index in [1.165, 1.54) is 11.8 Å². The minimum Gasteiger partial charge on any atom is -0.508 e. The lowest BCUT2D eigenvalue weighted by molar-refractivity contribution is -0.129. The first-order chi connectivity index (χ1) is 11.5. The molecule has 128 valence electrons. The first kappa shape index (κ1) is 18.5. The number of phenolic OH excluding ortho intramolecular Hbond substituents is 1. The molecule has 6 heteroatoms. The second-order valence-electron chi connectivity index (χ2n) is 5.32. The standard InChI is InChI=1S/C18H20ClNO3S/c1-13(24-17-9-5-15(21)6-10-17)18(22)20(2)11-12-23-16-7-3-14(19)4-8-16/h3-10,13,21H,11-12H2,1-2H3. The van der Waals surface area contributed by atoms with Crippen LogP contribution in [-0.4, -0.2) is 41.4 Å². The van der Waals surface area contributed by atoms with Crippen molar-refractivity contribution in [2.45, 2.75) is 17.1 Å². The smallest absolute Gasteiger partial charge is 0.235 e. The first-order valence-corrected chi connectivity index (χ1v) is 8.80. The highest BCUT2D eigenvalue weighted by molar-refractivity contribution is 8.00. The third-order valence-electron chi connectivity index (χ3n) is 3.38. The first-order valence-electron chi connectivity index (χ1n) is 7.55. The molecule has 0 spiro atoms. The van der Waals surface area contributed by atoms with Crippen molar-refractivity contribution in [3.8, 4) is 11.5 Å². The van der Waals surface area contributed by atoms with Gasteiger partial charge in [-0.25, -0.2) is 0 Å². The van der Waals surface area contributed by atoms with Crippen LogP contribution in [-0.2, 0) is 4.79 Å². The molecule has 1 atom stereocenters. The van der Waals surface area contributed by atoms with E-state index >= 15 is 0 Å². The fourth-order valence-electron chi connectivity index (χ4n) is 2.03. The molecule has 4 nitrogen and oxygen atoms in total. The van der Waals surface area contributed by atoms with Crippen molar-refractivity contribution in [1.82, 2.24) is 4.90 Å². The number of aromatic hydroxyl groups is 1. The van der Waals surface area contributed by atoms with Gasteiger partial charge >= 0.3 is 0 Å². The van der Waals surface area contributed by atoms with E-state index in [1.807, 2.05) is 6.92 Å². The lowest BCUT2D eigenvalue weighted by Gasteiger charge is -2.21. The van der Waals surface area contributed by atoms with Gasteiger partial charge in [0.2, 0.25) is 5.91 Å². The van der Waals surface area contributed by atoms with E-state index in [2.05, 4.69) is 0 Å². The Labute approximate surface area is 151 Å². The number of carbonyl (C=O) groups is 1. The Bertz CT molecular complexity index is 661. The van der Waals surface area contributed by atoms with E-state index in [1.54, 1.807) is 60.5 Å². The molecule has 0 aliphatic carbocycles. The summed E-state index contributed by atoms with van der Waals surface area (Å²) in [5.41, 5.74) is 0. The Kier molecular flexibility index (Phi) is 6.82. The average molecular weight is 366 g/mol. The molecule has 0 heterocycles. The van der Waals surface area contributed by atoms with Crippen LogP contribution in [0, 0.1) is 0 Å². The van der Waals surface area contributed by atoms with Crippen molar-refractivity contribution in [2.24, 2.45) is 0 Å². The number of phenols is 1. The third-order valence-corrected chi connectivity index (χ3v) is 4.73. The van der Waals surface area contributed by atoms with Crippen molar-refractivity contribution >= 4 is 29.3 Å². The summed E-state index contributed by atoms with van der Waals surface area (Å²) in [6, 6.07) is 14.0. The number of benzene rings is 2. The lowest BCUT2D eigenvalue weighted by atomic mass is 10.3. The van der Waals surface area contributed by atoms with Crippen molar-refractivity contribution in [3.63, 3.8) is 0 Å². The number of likely N-dealkylation sites (N-methyl/N-ethyl adjacent to an activating group) is 1. The number of hydrogen-bond donors (Lipinski definition) is 1. The molecule has 0 saturated heterocycles. The highest BCUT2D eigenvalue weighted by atomic mass is 35.5.